The van der Waals surface area contributed by atoms with Crippen LogP contribution in [-0.4, -0.2) is 31.5 Å². The Kier molecular flexibility index (Phi) is 5.71. The van der Waals surface area contributed by atoms with Crippen LogP contribution in [0.15, 0.2) is 34.9 Å². The number of hydrogen-bond donors (Lipinski definition) is 1. The number of ether oxygens (including phenoxy) is 3. The van der Waals surface area contributed by atoms with Gasteiger partial charge < -0.3 is 24.1 Å². The van der Waals surface area contributed by atoms with Gasteiger partial charge in [0.15, 0.2) is 0 Å². The molecule has 0 aliphatic heterocycles. The molecule has 0 aliphatic carbocycles. The number of halogens is 1. The van der Waals surface area contributed by atoms with Gasteiger partial charge in [-0.2, -0.15) is 4.98 Å². The summed E-state index contributed by atoms with van der Waals surface area (Å²) >= 11 is 6.13. The van der Waals surface area contributed by atoms with E-state index in [1.54, 1.807) is 33.5 Å². The molecule has 3 rings (SSSR count). The minimum absolute atomic E-state index is 0.336. The van der Waals surface area contributed by atoms with Gasteiger partial charge in [-0.05, 0) is 30.7 Å². The van der Waals surface area contributed by atoms with Gasteiger partial charge in [0.1, 0.15) is 17.2 Å². The zero-order valence-corrected chi connectivity index (χ0v) is 16.3. The standard InChI is InChI=1S/C19H20ClN3O4/c1-11-7-15(17(26-4)9-14(11)20)21-10-18-22-19(23-27-18)13-6-5-12(24-2)8-16(13)25-3/h5-9,21H,10H2,1-4H3. The zero-order chi connectivity index (χ0) is 19.4. The van der Waals surface area contributed by atoms with Crippen LogP contribution in [0.1, 0.15) is 11.5 Å². The lowest BCUT2D eigenvalue weighted by Gasteiger charge is -2.11. The Morgan fingerprint density at radius 2 is 1.81 bits per heavy atom. The van der Waals surface area contributed by atoms with Crippen LogP contribution in [-0.2, 0) is 6.54 Å². The minimum Gasteiger partial charge on any atom is -0.497 e. The molecule has 0 bridgehead atoms. The summed E-state index contributed by atoms with van der Waals surface area (Å²) in [6.45, 7) is 2.26. The van der Waals surface area contributed by atoms with Gasteiger partial charge in [-0.1, -0.05) is 16.8 Å². The molecule has 3 aromatic rings. The lowest BCUT2D eigenvalue weighted by Crippen LogP contribution is -2.02. The van der Waals surface area contributed by atoms with Gasteiger partial charge in [-0.15, -0.1) is 0 Å². The topological polar surface area (TPSA) is 78.6 Å². The van der Waals surface area contributed by atoms with Gasteiger partial charge in [0, 0.05) is 17.2 Å². The number of nitrogens with zero attached hydrogens (tertiary/aromatic N) is 2. The van der Waals surface area contributed by atoms with Crippen molar-refractivity contribution in [1.82, 2.24) is 10.1 Å². The number of anilines is 1. The zero-order valence-electron chi connectivity index (χ0n) is 15.5. The van der Waals surface area contributed by atoms with Crippen molar-refractivity contribution in [2.45, 2.75) is 13.5 Å². The lowest BCUT2D eigenvalue weighted by atomic mass is 10.2. The number of benzene rings is 2. The molecule has 0 radical (unpaired) electrons. The highest BCUT2D eigenvalue weighted by Crippen LogP contribution is 2.33. The van der Waals surface area contributed by atoms with E-state index in [2.05, 4.69) is 15.5 Å². The fraction of sp³-hybridized carbons (Fsp3) is 0.263. The quantitative estimate of drug-likeness (QED) is 0.644. The highest BCUT2D eigenvalue weighted by molar-refractivity contribution is 6.31. The molecule has 142 valence electrons. The smallest absolute Gasteiger partial charge is 0.246 e. The second kappa shape index (κ2) is 8.18. The molecule has 0 saturated heterocycles. The summed E-state index contributed by atoms with van der Waals surface area (Å²) in [5.41, 5.74) is 2.45. The van der Waals surface area contributed by atoms with Crippen molar-refractivity contribution < 1.29 is 18.7 Å². The first kappa shape index (κ1) is 18.8. The van der Waals surface area contributed by atoms with Crippen LogP contribution < -0.4 is 19.5 Å². The maximum Gasteiger partial charge on any atom is 0.246 e. The van der Waals surface area contributed by atoms with Crippen molar-refractivity contribution in [1.29, 1.82) is 0 Å². The number of nitrogens with one attached hydrogen (secondary N) is 1. The molecule has 0 amide bonds. The molecule has 8 heteroatoms. The maximum atomic E-state index is 6.13. The van der Waals surface area contributed by atoms with E-state index in [9.17, 15) is 0 Å². The third-order valence-electron chi connectivity index (χ3n) is 4.03. The molecule has 0 spiro atoms. The number of aromatic nitrogens is 2. The van der Waals surface area contributed by atoms with E-state index in [1.807, 2.05) is 25.1 Å². The van der Waals surface area contributed by atoms with Crippen molar-refractivity contribution in [3.05, 3.63) is 46.8 Å². The molecule has 1 N–H and O–H groups in total. The molecular formula is C19H20ClN3O4. The second-order valence-corrected chi connectivity index (χ2v) is 6.14. The van der Waals surface area contributed by atoms with E-state index in [0.29, 0.717) is 46.1 Å². The van der Waals surface area contributed by atoms with Gasteiger partial charge in [-0.25, -0.2) is 0 Å². The van der Waals surface area contributed by atoms with Crippen LogP contribution in [0.4, 0.5) is 5.69 Å². The number of methoxy groups -OCH3 is 3. The number of hydrogen-bond acceptors (Lipinski definition) is 7. The van der Waals surface area contributed by atoms with Gasteiger partial charge in [0.2, 0.25) is 11.7 Å². The Morgan fingerprint density at radius 3 is 2.52 bits per heavy atom. The van der Waals surface area contributed by atoms with Crippen molar-refractivity contribution in [3.63, 3.8) is 0 Å². The molecule has 27 heavy (non-hydrogen) atoms. The Morgan fingerprint density at radius 1 is 1.04 bits per heavy atom. The highest BCUT2D eigenvalue weighted by atomic mass is 35.5. The molecule has 0 atom stereocenters. The monoisotopic (exact) mass is 389 g/mol. The third-order valence-corrected chi connectivity index (χ3v) is 4.44. The number of rotatable bonds is 7. The summed E-state index contributed by atoms with van der Waals surface area (Å²) in [5, 5.41) is 7.91. The van der Waals surface area contributed by atoms with Crippen LogP contribution in [0.25, 0.3) is 11.4 Å². The molecule has 7 nitrogen and oxygen atoms in total. The van der Waals surface area contributed by atoms with Crippen LogP contribution >= 0.6 is 11.6 Å². The fourth-order valence-electron chi connectivity index (χ4n) is 2.56. The minimum atomic E-state index is 0.336. The molecule has 0 unspecified atom stereocenters. The summed E-state index contributed by atoms with van der Waals surface area (Å²) in [6, 6.07) is 9.08. The summed E-state index contributed by atoms with van der Waals surface area (Å²) < 4.78 is 21.3. The highest BCUT2D eigenvalue weighted by Gasteiger charge is 2.15. The maximum absolute atomic E-state index is 6.13. The van der Waals surface area contributed by atoms with Gasteiger partial charge in [0.25, 0.3) is 0 Å². The molecule has 0 saturated carbocycles. The van der Waals surface area contributed by atoms with E-state index in [-0.39, 0.29) is 0 Å². The summed E-state index contributed by atoms with van der Waals surface area (Å²) in [6.07, 6.45) is 0. The fourth-order valence-corrected chi connectivity index (χ4v) is 2.71. The van der Waals surface area contributed by atoms with E-state index in [1.165, 1.54) is 0 Å². The average Bonchev–Trinajstić information content (AvgIpc) is 3.16. The first-order valence-corrected chi connectivity index (χ1v) is 8.56. The van der Waals surface area contributed by atoms with Crippen LogP contribution in [0.2, 0.25) is 5.02 Å². The predicted octanol–water partition coefficient (Wildman–Crippen LogP) is 4.34. The molecule has 0 aliphatic rings. The SMILES string of the molecule is COc1ccc(-c2noc(CNc3cc(C)c(Cl)cc3OC)n2)c(OC)c1. The Labute approximate surface area is 162 Å². The van der Waals surface area contributed by atoms with Gasteiger partial charge in [-0.3, -0.25) is 0 Å². The Hall–Kier alpha value is -2.93. The van der Waals surface area contributed by atoms with Gasteiger partial charge in [0.05, 0.1) is 39.1 Å². The second-order valence-electron chi connectivity index (χ2n) is 5.73. The molecule has 1 heterocycles. The normalized spacial score (nSPS) is 10.6. The van der Waals surface area contributed by atoms with Gasteiger partial charge >= 0.3 is 0 Å². The first-order valence-electron chi connectivity index (χ1n) is 8.18. The van der Waals surface area contributed by atoms with E-state index in [0.717, 1.165) is 11.3 Å². The third kappa shape index (κ3) is 4.09. The first-order chi connectivity index (χ1) is 13.0. The lowest BCUT2D eigenvalue weighted by molar-refractivity contribution is 0.381. The van der Waals surface area contributed by atoms with Crippen molar-refractivity contribution in [3.8, 4) is 28.6 Å². The average molecular weight is 390 g/mol. The van der Waals surface area contributed by atoms with Crippen molar-refractivity contribution in [2.75, 3.05) is 26.6 Å². The predicted molar refractivity (Wildman–Crippen MR) is 103 cm³/mol. The Bertz CT molecular complexity index is 943. The summed E-state index contributed by atoms with van der Waals surface area (Å²) in [4.78, 5) is 4.43. The summed E-state index contributed by atoms with van der Waals surface area (Å²) in [7, 11) is 4.77. The molecule has 1 aromatic heterocycles. The number of aryl methyl sites for hydroxylation is 1. The molecular weight excluding hydrogens is 370 g/mol. The molecule has 2 aromatic carbocycles. The largest absolute Gasteiger partial charge is 0.497 e. The molecule has 0 fully saturated rings. The van der Waals surface area contributed by atoms with Crippen LogP contribution in [0.3, 0.4) is 0 Å². The van der Waals surface area contributed by atoms with Crippen LogP contribution in [0.5, 0.6) is 17.2 Å². The van der Waals surface area contributed by atoms with E-state index < -0.39 is 0 Å². The Balaban J connectivity index is 1.79. The van der Waals surface area contributed by atoms with Crippen molar-refractivity contribution >= 4 is 17.3 Å². The summed E-state index contributed by atoms with van der Waals surface area (Å²) in [5.74, 6) is 2.79. The van der Waals surface area contributed by atoms with E-state index >= 15 is 0 Å². The van der Waals surface area contributed by atoms with E-state index in [4.69, 9.17) is 30.3 Å². The van der Waals surface area contributed by atoms with Crippen molar-refractivity contribution in [2.24, 2.45) is 0 Å². The van der Waals surface area contributed by atoms with Crippen LogP contribution in [0, 0.1) is 6.92 Å².